The van der Waals surface area contributed by atoms with Crippen molar-refractivity contribution in [2.45, 2.75) is 19.0 Å². The maximum atomic E-state index is 12.0. The summed E-state index contributed by atoms with van der Waals surface area (Å²) < 4.78 is 5.29. The number of aliphatic hydroxyl groups excluding tert-OH is 1. The third kappa shape index (κ3) is 4.01. The van der Waals surface area contributed by atoms with Crippen molar-refractivity contribution in [2.24, 2.45) is 0 Å². The molecule has 1 aromatic heterocycles. The average molecular weight is 284 g/mol. The SMILES string of the molecule is CC(NC(=O)CN1CCOCC1CO)c1cccs1. The molecule has 19 heavy (non-hydrogen) atoms. The second kappa shape index (κ2) is 7.00. The number of carbonyl (C=O) groups is 1. The number of morpholine rings is 1. The van der Waals surface area contributed by atoms with Crippen molar-refractivity contribution in [3.05, 3.63) is 22.4 Å². The summed E-state index contributed by atoms with van der Waals surface area (Å²) in [5, 5.41) is 14.2. The Labute approximate surface area is 117 Å². The van der Waals surface area contributed by atoms with Crippen molar-refractivity contribution in [2.75, 3.05) is 32.9 Å². The molecule has 0 radical (unpaired) electrons. The van der Waals surface area contributed by atoms with Crippen LogP contribution in [0.5, 0.6) is 0 Å². The van der Waals surface area contributed by atoms with Crippen molar-refractivity contribution in [3.8, 4) is 0 Å². The van der Waals surface area contributed by atoms with Crippen molar-refractivity contribution >= 4 is 17.2 Å². The van der Waals surface area contributed by atoms with Gasteiger partial charge in [-0.3, -0.25) is 9.69 Å². The summed E-state index contributed by atoms with van der Waals surface area (Å²) in [5.74, 6) is -0.0127. The van der Waals surface area contributed by atoms with E-state index in [2.05, 4.69) is 5.32 Å². The number of carbonyl (C=O) groups excluding carboxylic acids is 1. The molecule has 0 aromatic carbocycles. The average Bonchev–Trinajstić information content (AvgIpc) is 2.93. The summed E-state index contributed by atoms with van der Waals surface area (Å²) in [5.41, 5.74) is 0. The molecule has 1 aromatic rings. The van der Waals surface area contributed by atoms with E-state index in [1.54, 1.807) is 11.3 Å². The number of nitrogens with zero attached hydrogens (tertiary/aromatic N) is 1. The van der Waals surface area contributed by atoms with Gasteiger partial charge in [-0.1, -0.05) is 6.07 Å². The van der Waals surface area contributed by atoms with Crippen LogP contribution in [0, 0.1) is 0 Å². The zero-order valence-corrected chi connectivity index (χ0v) is 11.9. The minimum atomic E-state index is -0.0726. The van der Waals surface area contributed by atoms with E-state index in [0.29, 0.717) is 26.3 Å². The molecule has 0 spiro atoms. The van der Waals surface area contributed by atoms with Crippen LogP contribution in [0.3, 0.4) is 0 Å². The molecular formula is C13H20N2O3S. The topological polar surface area (TPSA) is 61.8 Å². The molecule has 2 atom stereocenters. The Morgan fingerprint density at radius 3 is 3.26 bits per heavy atom. The molecule has 2 N–H and O–H groups in total. The number of ether oxygens (including phenoxy) is 1. The first kappa shape index (κ1) is 14.5. The summed E-state index contributed by atoms with van der Waals surface area (Å²) in [6.07, 6.45) is 0. The molecule has 2 rings (SSSR count). The molecule has 0 aliphatic carbocycles. The fourth-order valence-corrected chi connectivity index (χ4v) is 2.88. The zero-order chi connectivity index (χ0) is 13.7. The van der Waals surface area contributed by atoms with Gasteiger partial charge in [0.15, 0.2) is 0 Å². The van der Waals surface area contributed by atoms with E-state index in [0.717, 1.165) is 4.88 Å². The van der Waals surface area contributed by atoms with Crippen molar-refractivity contribution in [1.29, 1.82) is 0 Å². The highest BCUT2D eigenvalue weighted by Crippen LogP contribution is 2.18. The van der Waals surface area contributed by atoms with Gasteiger partial charge in [0, 0.05) is 11.4 Å². The largest absolute Gasteiger partial charge is 0.395 e. The van der Waals surface area contributed by atoms with Gasteiger partial charge >= 0.3 is 0 Å². The van der Waals surface area contributed by atoms with E-state index >= 15 is 0 Å². The molecule has 0 saturated carbocycles. The third-order valence-electron chi connectivity index (χ3n) is 3.25. The first-order chi connectivity index (χ1) is 9.20. The lowest BCUT2D eigenvalue weighted by Crippen LogP contribution is -2.51. The summed E-state index contributed by atoms with van der Waals surface area (Å²) in [6, 6.07) is 3.95. The number of hydrogen-bond donors (Lipinski definition) is 2. The predicted molar refractivity (Wildman–Crippen MR) is 74.1 cm³/mol. The number of rotatable bonds is 5. The number of hydrogen-bond acceptors (Lipinski definition) is 5. The molecule has 5 nitrogen and oxygen atoms in total. The van der Waals surface area contributed by atoms with Gasteiger partial charge in [-0.2, -0.15) is 0 Å². The monoisotopic (exact) mass is 284 g/mol. The van der Waals surface area contributed by atoms with Crippen LogP contribution in [0.15, 0.2) is 17.5 Å². The Morgan fingerprint density at radius 1 is 1.74 bits per heavy atom. The summed E-state index contributed by atoms with van der Waals surface area (Å²) in [4.78, 5) is 15.1. The van der Waals surface area contributed by atoms with Crippen LogP contribution in [0.2, 0.25) is 0 Å². The highest BCUT2D eigenvalue weighted by Gasteiger charge is 2.24. The standard InChI is InChI=1S/C13H20N2O3S/c1-10(12-3-2-6-19-12)14-13(17)7-15-4-5-18-9-11(15)8-16/h2-3,6,10-11,16H,4-5,7-9H2,1H3,(H,14,17). The van der Waals surface area contributed by atoms with Crippen LogP contribution < -0.4 is 5.32 Å². The van der Waals surface area contributed by atoms with Gasteiger partial charge in [0.25, 0.3) is 0 Å². The normalized spacial score (nSPS) is 22.1. The number of nitrogens with one attached hydrogen (secondary N) is 1. The Hall–Kier alpha value is -0.950. The van der Waals surface area contributed by atoms with Gasteiger partial charge < -0.3 is 15.2 Å². The van der Waals surface area contributed by atoms with E-state index < -0.39 is 0 Å². The van der Waals surface area contributed by atoms with Crippen LogP contribution >= 0.6 is 11.3 Å². The number of aliphatic hydroxyl groups is 1. The Balaban J connectivity index is 1.83. The van der Waals surface area contributed by atoms with E-state index in [9.17, 15) is 9.90 Å². The second-order valence-corrected chi connectivity index (χ2v) is 5.67. The van der Waals surface area contributed by atoms with Crippen LogP contribution in [-0.4, -0.2) is 54.9 Å². The highest BCUT2D eigenvalue weighted by atomic mass is 32.1. The van der Waals surface area contributed by atoms with Gasteiger partial charge in [0.05, 0.1) is 38.4 Å². The van der Waals surface area contributed by atoms with Crippen LogP contribution in [0.1, 0.15) is 17.8 Å². The summed E-state index contributed by atoms with van der Waals surface area (Å²) in [6.45, 7) is 4.10. The summed E-state index contributed by atoms with van der Waals surface area (Å²) in [7, 11) is 0. The second-order valence-electron chi connectivity index (χ2n) is 4.69. The minimum absolute atomic E-state index is 0.0127. The first-order valence-corrected chi connectivity index (χ1v) is 7.34. The number of thiophene rings is 1. The van der Waals surface area contributed by atoms with Gasteiger partial charge in [0.2, 0.25) is 5.91 Å². The van der Waals surface area contributed by atoms with E-state index in [1.807, 2.05) is 29.3 Å². The maximum absolute atomic E-state index is 12.0. The van der Waals surface area contributed by atoms with Crippen molar-refractivity contribution in [1.82, 2.24) is 10.2 Å². The fraction of sp³-hybridized carbons (Fsp3) is 0.615. The molecule has 1 saturated heterocycles. The Kier molecular flexibility index (Phi) is 5.33. The van der Waals surface area contributed by atoms with Gasteiger partial charge in [-0.25, -0.2) is 0 Å². The molecule has 0 bridgehead atoms. The molecule has 2 unspecified atom stereocenters. The quantitative estimate of drug-likeness (QED) is 0.832. The van der Waals surface area contributed by atoms with Crippen LogP contribution in [0.25, 0.3) is 0 Å². The van der Waals surface area contributed by atoms with E-state index in [1.165, 1.54) is 0 Å². The molecule has 1 aliphatic heterocycles. The molecular weight excluding hydrogens is 264 g/mol. The zero-order valence-electron chi connectivity index (χ0n) is 11.0. The van der Waals surface area contributed by atoms with Gasteiger partial charge in [-0.05, 0) is 18.4 Å². The first-order valence-electron chi connectivity index (χ1n) is 6.46. The smallest absolute Gasteiger partial charge is 0.234 e. The van der Waals surface area contributed by atoms with E-state index in [4.69, 9.17) is 4.74 Å². The molecule has 1 aliphatic rings. The summed E-state index contributed by atoms with van der Waals surface area (Å²) >= 11 is 1.64. The lowest BCUT2D eigenvalue weighted by molar-refractivity contribution is -0.125. The highest BCUT2D eigenvalue weighted by molar-refractivity contribution is 7.10. The lowest BCUT2D eigenvalue weighted by Gasteiger charge is -2.33. The Morgan fingerprint density at radius 2 is 2.58 bits per heavy atom. The van der Waals surface area contributed by atoms with E-state index in [-0.39, 0.29) is 24.6 Å². The maximum Gasteiger partial charge on any atom is 0.234 e. The predicted octanol–water partition coefficient (Wildman–Crippen LogP) is 0.618. The molecule has 1 amide bonds. The molecule has 106 valence electrons. The van der Waals surface area contributed by atoms with Crippen molar-refractivity contribution < 1.29 is 14.6 Å². The molecule has 1 fully saturated rings. The van der Waals surface area contributed by atoms with Gasteiger partial charge in [-0.15, -0.1) is 11.3 Å². The molecule has 6 heteroatoms. The minimum Gasteiger partial charge on any atom is -0.395 e. The van der Waals surface area contributed by atoms with Crippen LogP contribution in [0.4, 0.5) is 0 Å². The van der Waals surface area contributed by atoms with Crippen LogP contribution in [-0.2, 0) is 9.53 Å². The van der Waals surface area contributed by atoms with Gasteiger partial charge in [0.1, 0.15) is 0 Å². The fourth-order valence-electron chi connectivity index (χ4n) is 2.15. The molecule has 2 heterocycles. The number of amides is 1. The third-order valence-corrected chi connectivity index (χ3v) is 4.31. The lowest BCUT2D eigenvalue weighted by atomic mass is 10.2. The van der Waals surface area contributed by atoms with Crippen molar-refractivity contribution in [3.63, 3.8) is 0 Å². The Bertz CT molecular complexity index is 397.